The Kier molecular flexibility index (Phi) is 6.12. The summed E-state index contributed by atoms with van der Waals surface area (Å²) in [5.74, 6) is -0.770. The molecule has 1 atom stereocenters. The van der Waals surface area contributed by atoms with Crippen LogP contribution in [0.5, 0.6) is 0 Å². The van der Waals surface area contributed by atoms with Gasteiger partial charge in [0.25, 0.3) is 0 Å². The van der Waals surface area contributed by atoms with Gasteiger partial charge in [0.05, 0.1) is 29.5 Å². The Morgan fingerprint density at radius 1 is 1.21 bits per heavy atom. The van der Waals surface area contributed by atoms with E-state index in [1.807, 2.05) is 13.8 Å². The van der Waals surface area contributed by atoms with E-state index in [2.05, 4.69) is 5.32 Å². The summed E-state index contributed by atoms with van der Waals surface area (Å²) in [6, 6.07) is 2.48. The summed E-state index contributed by atoms with van der Waals surface area (Å²) in [4.78, 5) is 14.8. The molecule has 0 bridgehead atoms. The number of piperidine rings is 1. The number of carbonyl (C=O) groups excluding carboxylic acids is 1. The molecular formula is C19H24ClF3N2O3. The number of amides is 1. The zero-order valence-corrected chi connectivity index (χ0v) is 16.6. The summed E-state index contributed by atoms with van der Waals surface area (Å²) < 4.78 is 49.8. The molecule has 9 heteroatoms. The second-order valence-corrected chi connectivity index (χ2v) is 7.90. The first-order chi connectivity index (χ1) is 13.1. The van der Waals surface area contributed by atoms with Crippen molar-refractivity contribution in [3.05, 3.63) is 28.8 Å². The van der Waals surface area contributed by atoms with E-state index in [-0.39, 0.29) is 16.8 Å². The van der Waals surface area contributed by atoms with Crippen LogP contribution in [-0.4, -0.2) is 48.9 Å². The minimum atomic E-state index is -4.47. The van der Waals surface area contributed by atoms with Crippen molar-refractivity contribution in [1.29, 1.82) is 0 Å². The number of alkyl halides is 3. The fourth-order valence-corrected chi connectivity index (χ4v) is 3.77. The molecule has 0 unspecified atom stereocenters. The van der Waals surface area contributed by atoms with E-state index in [1.54, 1.807) is 4.90 Å². The largest absolute Gasteiger partial charge is 0.416 e. The van der Waals surface area contributed by atoms with E-state index >= 15 is 0 Å². The smallest absolute Gasteiger partial charge is 0.372 e. The van der Waals surface area contributed by atoms with Gasteiger partial charge in [-0.3, -0.25) is 4.79 Å². The molecule has 0 saturated carbocycles. The lowest BCUT2D eigenvalue weighted by Gasteiger charge is -2.39. The third kappa shape index (κ3) is 4.55. The maximum atomic E-state index is 13.0. The summed E-state index contributed by atoms with van der Waals surface area (Å²) in [7, 11) is 0. The predicted octanol–water partition coefficient (Wildman–Crippen LogP) is 4.16. The van der Waals surface area contributed by atoms with Crippen molar-refractivity contribution in [3.63, 3.8) is 0 Å². The molecule has 0 aromatic heterocycles. The van der Waals surface area contributed by atoms with Crippen LogP contribution < -0.4 is 5.32 Å². The summed E-state index contributed by atoms with van der Waals surface area (Å²) in [6.07, 6.45) is -3.27. The van der Waals surface area contributed by atoms with Crippen molar-refractivity contribution in [2.24, 2.45) is 5.92 Å². The van der Waals surface area contributed by atoms with Crippen LogP contribution in [0.25, 0.3) is 0 Å². The molecule has 156 valence electrons. The first-order valence-corrected chi connectivity index (χ1v) is 9.69. The van der Waals surface area contributed by atoms with Crippen LogP contribution in [0, 0.1) is 5.92 Å². The normalized spacial score (nSPS) is 20.6. The van der Waals surface area contributed by atoms with Crippen molar-refractivity contribution in [1.82, 2.24) is 4.90 Å². The van der Waals surface area contributed by atoms with Gasteiger partial charge in [-0.15, -0.1) is 0 Å². The fraction of sp³-hybridized carbons (Fsp3) is 0.632. The number of rotatable bonds is 4. The first-order valence-electron chi connectivity index (χ1n) is 9.31. The lowest BCUT2D eigenvalue weighted by atomic mass is 9.98. The fourth-order valence-electron chi connectivity index (χ4n) is 3.54. The van der Waals surface area contributed by atoms with Crippen molar-refractivity contribution >= 4 is 23.2 Å². The number of hydrogen-bond donors (Lipinski definition) is 1. The molecule has 2 heterocycles. The van der Waals surface area contributed by atoms with Crippen molar-refractivity contribution in [2.75, 3.05) is 31.6 Å². The minimum absolute atomic E-state index is 0.0707. The highest BCUT2D eigenvalue weighted by Crippen LogP contribution is 2.35. The highest BCUT2D eigenvalue weighted by molar-refractivity contribution is 6.33. The van der Waals surface area contributed by atoms with E-state index in [1.165, 1.54) is 6.07 Å². The molecule has 2 aliphatic rings. The van der Waals surface area contributed by atoms with Crippen LogP contribution in [0.3, 0.4) is 0 Å². The molecular weight excluding hydrogens is 397 g/mol. The third-order valence-electron chi connectivity index (χ3n) is 5.19. The van der Waals surface area contributed by atoms with E-state index in [9.17, 15) is 18.0 Å². The maximum absolute atomic E-state index is 13.0. The molecule has 0 radical (unpaired) electrons. The summed E-state index contributed by atoms with van der Waals surface area (Å²) >= 11 is 6.04. The standard InChI is InChI=1S/C19H24ClF3N2O3/c1-12(2)16(24-15-4-3-13(11-14(15)20)19(21,22)23)17(26)25-7-5-18(6-8-25)27-9-10-28-18/h3-4,11-12,16,24H,5-10H2,1-2H3/t16-/m0/s1. The van der Waals surface area contributed by atoms with Gasteiger partial charge in [0, 0.05) is 25.9 Å². The molecule has 2 fully saturated rings. The van der Waals surface area contributed by atoms with Crippen molar-refractivity contribution in [2.45, 2.75) is 44.7 Å². The number of nitrogens with zero attached hydrogens (tertiary/aromatic N) is 1. The summed E-state index contributed by atoms with van der Waals surface area (Å²) in [5, 5.41) is 2.96. The second-order valence-electron chi connectivity index (χ2n) is 7.49. The molecule has 28 heavy (non-hydrogen) atoms. The van der Waals surface area contributed by atoms with Crippen molar-refractivity contribution in [3.8, 4) is 0 Å². The lowest BCUT2D eigenvalue weighted by molar-refractivity contribution is -0.187. The molecule has 1 spiro atoms. The molecule has 1 N–H and O–H groups in total. The molecule has 1 aromatic rings. The number of carbonyl (C=O) groups is 1. The molecule has 2 saturated heterocycles. The van der Waals surface area contributed by atoms with Crippen LogP contribution in [-0.2, 0) is 20.4 Å². The van der Waals surface area contributed by atoms with Crippen molar-refractivity contribution < 1.29 is 27.4 Å². The van der Waals surface area contributed by atoms with Crippen LogP contribution in [0.2, 0.25) is 5.02 Å². The molecule has 5 nitrogen and oxygen atoms in total. The van der Waals surface area contributed by atoms with E-state index in [0.717, 1.165) is 12.1 Å². The van der Waals surface area contributed by atoms with Gasteiger partial charge in [-0.25, -0.2) is 0 Å². The zero-order chi connectivity index (χ0) is 20.5. The van der Waals surface area contributed by atoms with E-state index in [0.29, 0.717) is 44.8 Å². The molecule has 1 amide bonds. The van der Waals surface area contributed by atoms with E-state index in [4.69, 9.17) is 21.1 Å². The van der Waals surface area contributed by atoms with Gasteiger partial charge in [-0.1, -0.05) is 25.4 Å². The number of hydrogen-bond acceptors (Lipinski definition) is 4. The lowest BCUT2D eigenvalue weighted by Crippen LogP contribution is -2.52. The maximum Gasteiger partial charge on any atom is 0.416 e. The topological polar surface area (TPSA) is 50.8 Å². The van der Waals surface area contributed by atoms with Crippen LogP contribution in [0.4, 0.5) is 18.9 Å². The number of halogens is 4. The molecule has 3 rings (SSSR count). The summed E-state index contributed by atoms with van der Waals surface area (Å²) in [6.45, 7) is 5.90. The Hall–Kier alpha value is -1.51. The SMILES string of the molecule is CC(C)[C@H](Nc1ccc(C(F)(F)F)cc1Cl)C(=O)N1CCC2(CC1)OCCO2. The number of benzene rings is 1. The van der Waals surface area contributed by atoms with E-state index < -0.39 is 23.6 Å². The monoisotopic (exact) mass is 420 g/mol. The second kappa shape index (κ2) is 8.08. The Bertz CT molecular complexity index is 711. The van der Waals surface area contributed by atoms with Crippen LogP contribution in [0.15, 0.2) is 18.2 Å². The third-order valence-corrected chi connectivity index (χ3v) is 5.50. The predicted molar refractivity (Wildman–Crippen MR) is 99.2 cm³/mol. The van der Waals surface area contributed by atoms with Gasteiger partial charge in [0.1, 0.15) is 6.04 Å². The molecule has 0 aliphatic carbocycles. The van der Waals surface area contributed by atoms with Gasteiger partial charge >= 0.3 is 6.18 Å². The Balaban J connectivity index is 1.69. The summed E-state index contributed by atoms with van der Waals surface area (Å²) in [5.41, 5.74) is -0.522. The van der Waals surface area contributed by atoms with Gasteiger partial charge in [0.15, 0.2) is 5.79 Å². The average Bonchev–Trinajstić information content (AvgIpc) is 3.07. The Morgan fingerprint density at radius 3 is 2.32 bits per heavy atom. The zero-order valence-electron chi connectivity index (χ0n) is 15.8. The van der Waals surface area contributed by atoms with Gasteiger partial charge in [-0.05, 0) is 24.1 Å². The average molecular weight is 421 g/mol. The highest BCUT2D eigenvalue weighted by Gasteiger charge is 2.42. The van der Waals surface area contributed by atoms with Gasteiger partial charge < -0.3 is 19.7 Å². The first kappa shape index (κ1) is 21.2. The highest BCUT2D eigenvalue weighted by atomic mass is 35.5. The molecule has 1 aromatic carbocycles. The van der Waals surface area contributed by atoms with Gasteiger partial charge in [-0.2, -0.15) is 13.2 Å². The minimum Gasteiger partial charge on any atom is -0.372 e. The number of ether oxygens (including phenoxy) is 2. The van der Waals surface area contributed by atoms with Gasteiger partial charge in [0.2, 0.25) is 5.91 Å². The molecule has 2 aliphatic heterocycles. The Labute approximate surface area is 167 Å². The Morgan fingerprint density at radius 2 is 1.82 bits per heavy atom. The number of nitrogens with one attached hydrogen (secondary N) is 1. The quantitative estimate of drug-likeness (QED) is 0.794. The number of likely N-dealkylation sites (tertiary alicyclic amines) is 1. The number of anilines is 1. The van der Waals surface area contributed by atoms with Crippen LogP contribution >= 0.6 is 11.6 Å². The van der Waals surface area contributed by atoms with Crippen LogP contribution in [0.1, 0.15) is 32.3 Å².